The van der Waals surface area contributed by atoms with E-state index < -0.39 is 0 Å². The highest BCUT2D eigenvalue weighted by atomic mass is 32.1. The molecule has 2 aliphatic rings. The number of hydrogen-bond acceptors (Lipinski definition) is 5. The monoisotopic (exact) mass is 344 g/mol. The van der Waals surface area contributed by atoms with Crippen molar-refractivity contribution in [2.75, 3.05) is 39.3 Å². The maximum Gasteiger partial charge on any atom is 0.223 e. The van der Waals surface area contributed by atoms with Crippen LogP contribution in [-0.2, 0) is 11.2 Å². The van der Waals surface area contributed by atoms with Crippen molar-refractivity contribution in [1.82, 2.24) is 20.1 Å². The van der Waals surface area contributed by atoms with E-state index in [9.17, 15) is 4.79 Å². The first-order chi connectivity index (χ1) is 11.8. The third-order valence-electron chi connectivity index (χ3n) is 5.07. The van der Waals surface area contributed by atoms with E-state index in [4.69, 9.17) is 0 Å². The topological polar surface area (TPSA) is 48.5 Å². The number of carbonyl (C=O) groups excluding carboxylic acids is 1. The molecule has 0 aliphatic carbocycles. The number of para-hydroxylation sites is 1. The molecule has 2 aliphatic heterocycles. The number of thiazole rings is 1. The Kier molecular flexibility index (Phi) is 4.78. The Morgan fingerprint density at radius 2 is 2.08 bits per heavy atom. The number of rotatable bonds is 4. The van der Waals surface area contributed by atoms with Gasteiger partial charge in [0.2, 0.25) is 5.91 Å². The first-order valence-electron chi connectivity index (χ1n) is 8.86. The first kappa shape index (κ1) is 16.0. The molecule has 128 valence electrons. The van der Waals surface area contributed by atoms with E-state index in [0.29, 0.717) is 12.5 Å². The predicted octanol–water partition coefficient (Wildman–Crippen LogP) is 1.73. The van der Waals surface area contributed by atoms with Crippen LogP contribution >= 0.6 is 11.3 Å². The van der Waals surface area contributed by atoms with Gasteiger partial charge in [0, 0.05) is 58.2 Å². The van der Waals surface area contributed by atoms with Crippen molar-refractivity contribution in [3.8, 4) is 0 Å². The number of benzene rings is 1. The molecule has 1 unspecified atom stereocenters. The smallest absolute Gasteiger partial charge is 0.223 e. The Morgan fingerprint density at radius 1 is 1.25 bits per heavy atom. The Hall–Kier alpha value is -1.50. The molecule has 0 spiro atoms. The number of nitrogens with zero attached hydrogens (tertiary/aromatic N) is 3. The van der Waals surface area contributed by atoms with Crippen LogP contribution in [0.5, 0.6) is 0 Å². The van der Waals surface area contributed by atoms with Gasteiger partial charge in [-0.1, -0.05) is 12.1 Å². The zero-order valence-electron chi connectivity index (χ0n) is 13.9. The van der Waals surface area contributed by atoms with Gasteiger partial charge in [0.15, 0.2) is 0 Å². The van der Waals surface area contributed by atoms with Crippen LogP contribution in [0, 0.1) is 0 Å². The quantitative estimate of drug-likeness (QED) is 0.918. The Bertz CT molecular complexity index is 677. The maximum atomic E-state index is 12.5. The maximum absolute atomic E-state index is 12.5. The average Bonchev–Trinajstić information content (AvgIpc) is 3.27. The van der Waals surface area contributed by atoms with Gasteiger partial charge in [-0.05, 0) is 18.6 Å². The second-order valence-corrected chi connectivity index (χ2v) is 7.76. The third kappa shape index (κ3) is 3.45. The van der Waals surface area contributed by atoms with E-state index >= 15 is 0 Å². The van der Waals surface area contributed by atoms with E-state index in [2.05, 4.69) is 26.2 Å². The number of hydrogen-bond donors (Lipinski definition) is 1. The van der Waals surface area contributed by atoms with Crippen LogP contribution in [0.1, 0.15) is 17.8 Å². The lowest BCUT2D eigenvalue weighted by Crippen LogP contribution is -2.49. The fourth-order valence-corrected chi connectivity index (χ4v) is 4.68. The third-order valence-corrected chi connectivity index (χ3v) is 6.17. The summed E-state index contributed by atoms with van der Waals surface area (Å²) in [6.07, 6.45) is 2.45. The van der Waals surface area contributed by atoms with Gasteiger partial charge in [0.25, 0.3) is 0 Å². The number of likely N-dealkylation sites (tertiary alicyclic amines) is 1. The van der Waals surface area contributed by atoms with Gasteiger partial charge in [-0.25, -0.2) is 4.98 Å². The molecule has 1 N–H and O–H groups in total. The lowest BCUT2D eigenvalue weighted by molar-refractivity contribution is -0.130. The summed E-state index contributed by atoms with van der Waals surface area (Å²) in [5.74, 6) is 0.284. The lowest BCUT2D eigenvalue weighted by Gasteiger charge is -2.32. The van der Waals surface area contributed by atoms with Crippen LogP contribution in [0.3, 0.4) is 0 Å². The predicted molar refractivity (Wildman–Crippen MR) is 97.4 cm³/mol. The summed E-state index contributed by atoms with van der Waals surface area (Å²) >= 11 is 1.71. The molecule has 1 aromatic heterocycles. The number of aryl methyl sites for hydroxylation is 1. The molecule has 0 saturated carbocycles. The number of carbonyl (C=O) groups is 1. The van der Waals surface area contributed by atoms with Crippen LogP contribution in [0.2, 0.25) is 0 Å². The Balaban J connectivity index is 1.30. The summed E-state index contributed by atoms with van der Waals surface area (Å²) in [4.78, 5) is 21.8. The van der Waals surface area contributed by atoms with E-state index in [1.165, 1.54) is 4.70 Å². The Morgan fingerprint density at radius 3 is 2.92 bits per heavy atom. The van der Waals surface area contributed by atoms with Crippen LogP contribution in [-0.4, -0.2) is 66.0 Å². The fourth-order valence-electron chi connectivity index (χ4n) is 3.71. The molecule has 1 amide bonds. The number of fused-ring (bicyclic) bond motifs is 1. The number of aromatic nitrogens is 1. The molecule has 5 nitrogen and oxygen atoms in total. The van der Waals surface area contributed by atoms with Crippen molar-refractivity contribution < 1.29 is 4.79 Å². The van der Waals surface area contributed by atoms with Crippen molar-refractivity contribution in [2.45, 2.75) is 25.3 Å². The highest BCUT2D eigenvalue weighted by Gasteiger charge is 2.30. The number of amides is 1. The van der Waals surface area contributed by atoms with Crippen molar-refractivity contribution in [2.24, 2.45) is 0 Å². The zero-order valence-corrected chi connectivity index (χ0v) is 14.7. The van der Waals surface area contributed by atoms with Crippen molar-refractivity contribution in [1.29, 1.82) is 0 Å². The van der Waals surface area contributed by atoms with Gasteiger partial charge in [0.05, 0.1) is 15.2 Å². The van der Waals surface area contributed by atoms with E-state index in [-0.39, 0.29) is 5.91 Å². The largest absolute Gasteiger partial charge is 0.341 e. The van der Waals surface area contributed by atoms with Gasteiger partial charge in [-0.2, -0.15) is 0 Å². The van der Waals surface area contributed by atoms with E-state index in [1.54, 1.807) is 11.3 Å². The van der Waals surface area contributed by atoms with Crippen molar-refractivity contribution >= 4 is 27.5 Å². The van der Waals surface area contributed by atoms with E-state index in [1.807, 2.05) is 18.2 Å². The number of nitrogens with one attached hydrogen (secondary N) is 1. The second-order valence-electron chi connectivity index (χ2n) is 6.64. The fraction of sp³-hybridized carbons (Fsp3) is 0.556. The molecule has 1 atom stereocenters. The molecule has 2 fully saturated rings. The normalized spacial score (nSPS) is 22.3. The van der Waals surface area contributed by atoms with Gasteiger partial charge in [-0.15, -0.1) is 11.3 Å². The average molecular weight is 344 g/mol. The van der Waals surface area contributed by atoms with Crippen molar-refractivity contribution in [3.63, 3.8) is 0 Å². The molecule has 0 radical (unpaired) electrons. The summed E-state index contributed by atoms with van der Waals surface area (Å²) in [7, 11) is 0. The molecule has 3 heterocycles. The first-order valence-corrected chi connectivity index (χ1v) is 9.68. The van der Waals surface area contributed by atoms with Crippen LogP contribution in [0.4, 0.5) is 0 Å². The summed E-state index contributed by atoms with van der Waals surface area (Å²) < 4.78 is 1.21. The highest BCUT2D eigenvalue weighted by Crippen LogP contribution is 2.23. The van der Waals surface area contributed by atoms with Gasteiger partial charge in [0.1, 0.15) is 0 Å². The van der Waals surface area contributed by atoms with Gasteiger partial charge < -0.3 is 10.2 Å². The van der Waals surface area contributed by atoms with E-state index in [0.717, 1.165) is 62.6 Å². The number of piperazine rings is 1. The standard InChI is InChI=1S/C18H24N4OS/c23-18(6-5-17-20-15-3-1-2-4-16(15)24-17)22-10-7-14(13-22)21-11-8-19-9-12-21/h1-4,14,19H,5-13H2. The van der Waals surface area contributed by atoms with Crippen LogP contribution in [0.15, 0.2) is 24.3 Å². The molecular formula is C18H24N4OS. The minimum Gasteiger partial charge on any atom is -0.341 e. The second kappa shape index (κ2) is 7.17. The van der Waals surface area contributed by atoms with Crippen molar-refractivity contribution in [3.05, 3.63) is 29.3 Å². The zero-order chi connectivity index (χ0) is 16.4. The molecule has 4 rings (SSSR count). The Labute approximate surface area is 146 Å². The van der Waals surface area contributed by atoms with Gasteiger partial charge >= 0.3 is 0 Å². The van der Waals surface area contributed by atoms with Crippen LogP contribution < -0.4 is 5.32 Å². The summed E-state index contributed by atoms with van der Waals surface area (Å²) in [6.45, 7) is 6.17. The summed E-state index contributed by atoms with van der Waals surface area (Å²) in [5, 5.41) is 4.47. The molecule has 2 saturated heterocycles. The summed E-state index contributed by atoms with van der Waals surface area (Å²) in [6, 6.07) is 8.73. The molecule has 24 heavy (non-hydrogen) atoms. The minimum absolute atomic E-state index is 0.284. The molecule has 2 aromatic rings. The minimum atomic E-state index is 0.284. The van der Waals surface area contributed by atoms with Gasteiger partial charge in [-0.3, -0.25) is 9.69 Å². The molecule has 6 heteroatoms. The SMILES string of the molecule is O=C(CCc1nc2ccccc2s1)N1CCC(N2CCNCC2)C1. The summed E-state index contributed by atoms with van der Waals surface area (Å²) in [5.41, 5.74) is 1.05. The lowest BCUT2D eigenvalue weighted by atomic mass is 10.2. The molecule has 0 bridgehead atoms. The van der Waals surface area contributed by atoms with Crippen LogP contribution in [0.25, 0.3) is 10.2 Å². The molecule has 1 aromatic carbocycles. The molecular weight excluding hydrogens is 320 g/mol. The highest BCUT2D eigenvalue weighted by molar-refractivity contribution is 7.18.